The summed E-state index contributed by atoms with van der Waals surface area (Å²) in [4.78, 5) is 11.9. The Morgan fingerprint density at radius 3 is 2.22 bits per heavy atom. The molecule has 0 heterocycles. The van der Waals surface area contributed by atoms with Crippen LogP contribution in [0, 0.1) is 0 Å². The molecule has 0 bridgehead atoms. The first-order valence-corrected chi connectivity index (χ1v) is 5.81. The van der Waals surface area contributed by atoms with Crippen LogP contribution in [0.2, 0.25) is 0 Å². The summed E-state index contributed by atoms with van der Waals surface area (Å²) in [6, 6.07) is 16.2. The van der Waals surface area contributed by atoms with Gasteiger partial charge in [-0.25, -0.2) is 0 Å². The van der Waals surface area contributed by atoms with Crippen LogP contribution in [0.3, 0.4) is 0 Å². The minimum Gasteiger partial charge on any atom is -0.389 e. The van der Waals surface area contributed by atoms with Gasteiger partial charge in [-0.15, -0.1) is 0 Å². The van der Waals surface area contributed by atoms with E-state index < -0.39 is 6.10 Å². The molecule has 0 radical (unpaired) electrons. The van der Waals surface area contributed by atoms with Crippen LogP contribution >= 0.6 is 0 Å². The molecule has 0 aliphatic rings. The van der Waals surface area contributed by atoms with E-state index in [-0.39, 0.29) is 5.91 Å². The van der Waals surface area contributed by atoms with Crippen molar-refractivity contribution in [2.24, 2.45) is 0 Å². The molecular formula is C15H15NO2. The predicted molar refractivity (Wildman–Crippen MR) is 71.5 cm³/mol. The Labute approximate surface area is 106 Å². The summed E-state index contributed by atoms with van der Waals surface area (Å²) in [6.45, 7) is 1.71. The SMILES string of the molecule is C[C@H](O)c1ccc(NC(=O)c2ccccc2)cc1. The van der Waals surface area contributed by atoms with Gasteiger partial charge in [0.25, 0.3) is 5.91 Å². The maximum atomic E-state index is 11.9. The molecule has 0 saturated carbocycles. The number of hydrogen-bond acceptors (Lipinski definition) is 2. The van der Waals surface area contributed by atoms with Gasteiger partial charge in [-0.2, -0.15) is 0 Å². The Balaban J connectivity index is 2.08. The molecule has 0 aliphatic heterocycles. The van der Waals surface area contributed by atoms with Crippen LogP contribution in [-0.4, -0.2) is 11.0 Å². The van der Waals surface area contributed by atoms with E-state index in [1.54, 1.807) is 43.3 Å². The molecule has 1 amide bonds. The van der Waals surface area contributed by atoms with Crippen LogP contribution in [0.5, 0.6) is 0 Å². The minimum absolute atomic E-state index is 0.139. The van der Waals surface area contributed by atoms with Gasteiger partial charge in [0.1, 0.15) is 0 Å². The van der Waals surface area contributed by atoms with Crippen LogP contribution in [0.25, 0.3) is 0 Å². The molecule has 2 N–H and O–H groups in total. The number of aliphatic hydroxyl groups is 1. The summed E-state index contributed by atoms with van der Waals surface area (Å²) in [7, 11) is 0. The monoisotopic (exact) mass is 241 g/mol. The standard InChI is InChI=1S/C15H15NO2/c1-11(17)12-7-9-14(10-8-12)16-15(18)13-5-3-2-4-6-13/h2-11,17H,1H3,(H,16,18)/t11-/m0/s1. The highest BCUT2D eigenvalue weighted by Gasteiger charge is 2.05. The topological polar surface area (TPSA) is 49.3 Å². The summed E-state index contributed by atoms with van der Waals surface area (Å²) in [5, 5.41) is 12.2. The Morgan fingerprint density at radius 1 is 1.06 bits per heavy atom. The number of amides is 1. The summed E-state index contributed by atoms with van der Waals surface area (Å²) in [6.07, 6.45) is -0.496. The van der Waals surface area contributed by atoms with Gasteiger partial charge < -0.3 is 10.4 Å². The summed E-state index contributed by atoms with van der Waals surface area (Å²) in [5.74, 6) is -0.139. The van der Waals surface area contributed by atoms with Crippen molar-refractivity contribution in [3.05, 3.63) is 65.7 Å². The molecule has 2 aromatic carbocycles. The first-order chi connectivity index (χ1) is 8.66. The normalized spacial score (nSPS) is 11.9. The number of aliphatic hydroxyl groups excluding tert-OH is 1. The zero-order valence-electron chi connectivity index (χ0n) is 10.1. The van der Waals surface area contributed by atoms with Gasteiger partial charge in [-0.1, -0.05) is 30.3 Å². The van der Waals surface area contributed by atoms with Crippen molar-refractivity contribution in [3.8, 4) is 0 Å². The third-order valence-corrected chi connectivity index (χ3v) is 2.69. The van der Waals surface area contributed by atoms with Crippen LogP contribution in [0.4, 0.5) is 5.69 Å². The molecule has 3 heteroatoms. The molecule has 0 fully saturated rings. The Hall–Kier alpha value is -2.13. The highest BCUT2D eigenvalue weighted by molar-refractivity contribution is 6.04. The fourth-order valence-corrected chi connectivity index (χ4v) is 1.64. The molecule has 0 spiro atoms. The van der Waals surface area contributed by atoms with Gasteiger partial charge in [0.2, 0.25) is 0 Å². The molecule has 0 aliphatic carbocycles. The molecule has 0 aromatic heterocycles. The second-order valence-electron chi connectivity index (χ2n) is 4.12. The fraction of sp³-hybridized carbons (Fsp3) is 0.133. The van der Waals surface area contributed by atoms with Gasteiger partial charge >= 0.3 is 0 Å². The fourth-order valence-electron chi connectivity index (χ4n) is 1.64. The van der Waals surface area contributed by atoms with Gasteiger partial charge in [0, 0.05) is 11.3 Å². The zero-order chi connectivity index (χ0) is 13.0. The van der Waals surface area contributed by atoms with Crippen molar-refractivity contribution in [2.75, 3.05) is 5.32 Å². The van der Waals surface area contributed by atoms with E-state index in [0.29, 0.717) is 11.3 Å². The zero-order valence-corrected chi connectivity index (χ0v) is 10.1. The van der Waals surface area contributed by atoms with Gasteiger partial charge in [0.15, 0.2) is 0 Å². The summed E-state index contributed by atoms with van der Waals surface area (Å²) < 4.78 is 0. The molecule has 2 aromatic rings. The van der Waals surface area contributed by atoms with E-state index in [4.69, 9.17) is 0 Å². The van der Waals surface area contributed by atoms with Crippen LogP contribution in [-0.2, 0) is 0 Å². The first-order valence-electron chi connectivity index (χ1n) is 5.81. The lowest BCUT2D eigenvalue weighted by molar-refractivity contribution is 0.102. The van der Waals surface area contributed by atoms with Crippen LogP contribution < -0.4 is 5.32 Å². The molecule has 18 heavy (non-hydrogen) atoms. The molecule has 92 valence electrons. The maximum absolute atomic E-state index is 11.9. The number of anilines is 1. The van der Waals surface area contributed by atoms with E-state index in [0.717, 1.165) is 5.56 Å². The maximum Gasteiger partial charge on any atom is 0.255 e. The quantitative estimate of drug-likeness (QED) is 0.867. The number of nitrogens with one attached hydrogen (secondary N) is 1. The van der Waals surface area contributed by atoms with Crippen LogP contribution in [0.1, 0.15) is 28.9 Å². The third-order valence-electron chi connectivity index (χ3n) is 2.69. The predicted octanol–water partition coefficient (Wildman–Crippen LogP) is 2.99. The smallest absolute Gasteiger partial charge is 0.255 e. The molecule has 2 rings (SSSR count). The molecule has 1 atom stereocenters. The summed E-state index contributed by atoms with van der Waals surface area (Å²) >= 11 is 0. The van der Waals surface area contributed by atoms with Crippen LogP contribution in [0.15, 0.2) is 54.6 Å². The van der Waals surface area contributed by atoms with E-state index in [9.17, 15) is 9.90 Å². The Kier molecular flexibility index (Phi) is 3.75. The van der Waals surface area contributed by atoms with Crippen molar-refractivity contribution in [1.29, 1.82) is 0 Å². The number of carbonyl (C=O) groups excluding carboxylic acids is 1. The number of benzene rings is 2. The first kappa shape index (κ1) is 12.3. The van der Waals surface area contributed by atoms with Crippen molar-refractivity contribution in [3.63, 3.8) is 0 Å². The van der Waals surface area contributed by atoms with E-state index in [2.05, 4.69) is 5.32 Å². The van der Waals surface area contributed by atoms with Gasteiger partial charge in [-0.05, 0) is 36.8 Å². The number of carbonyl (C=O) groups is 1. The Morgan fingerprint density at radius 2 is 1.67 bits per heavy atom. The average molecular weight is 241 g/mol. The molecule has 0 saturated heterocycles. The lowest BCUT2D eigenvalue weighted by Crippen LogP contribution is -2.11. The average Bonchev–Trinajstić information content (AvgIpc) is 2.40. The lowest BCUT2D eigenvalue weighted by atomic mass is 10.1. The van der Waals surface area contributed by atoms with Crippen molar-refractivity contribution < 1.29 is 9.90 Å². The molecule has 0 unspecified atom stereocenters. The van der Waals surface area contributed by atoms with Gasteiger partial charge in [-0.3, -0.25) is 4.79 Å². The van der Waals surface area contributed by atoms with E-state index in [1.807, 2.05) is 18.2 Å². The van der Waals surface area contributed by atoms with E-state index in [1.165, 1.54) is 0 Å². The second kappa shape index (κ2) is 5.47. The second-order valence-corrected chi connectivity index (χ2v) is 4.12. The van der Waals surface area contributed by atoms with Gasteiger partial charge in [0.05, 0.1) is 6.10 Å². The van der Waals surface area contributed by atoms with Crippen molar-refractivity contribution in [2.45, 2.75) is 13.0 Å². The number of hydrogen-bond donors (Lipinski definition) is 2. The third kappa shape index (κ3) is 2.96. The highest BCUT2D eigenvalue weighted by Crippen LogP contribution is 2.16. The van der Waals surface area contributed by atoms with E-state index >= 15 is 0 Å². The Bertz CT molecular complexity index is 518. The largest absolute Gasteiger partial charge is 0.389 e. The number of rotatable bonds is 3. The lowest BCUT2D eigenvalue weighted by Gasteiger charge is -2.08. The molecule has 3 nitrogen and oxygen atoms in total. The highest BCUT2D eigenvalue weighted by atomic mass is 16.3. The summed E-state index contributed by atoms with van der Waals surface area (Å²) in [5.41, 5.74) is 2.16. The van der Waals surface area contributed by atoms with Crippen molar-refractivity contribution >= 4 is 11.6 Å². The molecular weight excluding hydrogens is 226 g/mol. The van der Waals surface area contributed by atoms with Crippen molar-refractivity contribution in [1.82, 2.24) is 0 Å². The minimum atomic E-state index is -0.496.